The van der Waals surface area contributed by atoms with Gasteiger partial charge >= 0.3 is 0 Å². The Balaban J connectivity index is 2.30. The predicted octanol–water partition coefficient (Wildman–Crippen LogP) is 3.40. The van der Waals surface area contributed by atoms with Crippen LogP contribution in [0.15, 0.2) is 59.8 Å². The van der Waals surface area contributed by atoms with E-state index in [4.69, 9.17) is 9.57 Å². The van der Waals surface area contributed by atoms with E-state index in [2.05, 4.69) is 10.5 Å². The summed E-state index contributed by atoms with van der Waals surface area (Å²) in [5.74, 6) is 0.462. The molecule has 1 amide bonds. The average Bonchev–Trinajstić information content (AvgIpc) is 2.65. The monoisotopic (exact) mass is 338 g/mol. The second-order valence-electron chi connectivity index (χ2n) is 5.19. The Labute approximate surface area is 148 Å². The first kappa shape index (κ1) is 18.3. The fourth-order valence-electron chi connectivity index (χ4n) is 2.38. The minimum Gasteiger partial charge on any atom is -0.488 e. The van der Waals surface area contributed by atoms with Gasteiger partial charge in [-0.25, -0.2) is 0 Å². The van der Waals surface area contributed by atoms with E-state index in [1.165, 1.54) is 7.11 Å². The third-order valence-electron chi connectivity index (χ3n) is 3.55. The maximum Gasteiger partial charge on any atom is 0.273 e. The lowest BCUT2D eigenvalue weighted by molar-refractivity contribution is -0.114. The summed E-state index contributed by atoms with van der Waals surface area (Å²) in [4.78, 5) is 16.9. The van der Waals surface area contributed by atoms with E-state index in [1.54, 1.807) is 7.05 Å². The summed E-state index contributed by atoms with van der Waals surface area (Å²) in [5, 5.41) is 6.44. The van der Waals surface area contributed by atoms with E-state index in [0.29, 0.717) is 12.2 Å². The number of carbonyl (C=O) groups excluding carboxylic acids is 1. The highest BCUT2D eigenvalue weighted by molar-refractivity contribution is 6.45. The lowest BCUT2D eigenvalue weighted by atomic mass is 10.0. The summed E-state index contributed by atoms with van der Waals surface area (Å²) in [7, 11) is 2.97. The summed E-state index contributed by atoms with van der Waals surface area (Å²) in [6.45, 7) is 2.27. The number of rotatable bonds is 7. The summed E-state index contributed by atoms with van der Waals surface area (Å²) in [5.41, 5.74) is 2.73. The number of amides is 1. The standard InChI is InChI=1S/C20H22N2O3/c1-4-9-15-10-6-8-13-18(15)25-14-16-11-5-7-12-17(16)19(22-24-3)20(23)21-2/h4-13H,14H2,1-3H3,(H,21,23). The second-order valence-corrected chi connectivity index (χ2v) is 5.19. The van der Waals surface area contributed by atoms with Gasteiger partial charge in [-0.3, -0.25) is 4.79 Å². The number of nitrogens with one attached hydrogen (secondary N) is 1. The normalized spacial score (nSPS) is 11.4. The third-order valence-corrected chi connectivity index (χ3v) is 3.55. The lowest BCUT2D eigenvalue weighted by Gasteiger charge is -2.13. The van der Waals surface area contributed by atoms with Gasteiger partial charge in [0.25, 0.3) is 5.91 Å². The Morgan fingerprint density at radius 3 is 2.60 bits per heavy atom. The first-order valence-electron chi connectivity index (χ1n) is 7.97. The van der Waals surface area contributed by atoms with Crippen LogP contribution in [0, 0.1) is 0 Å². The van der Waals surface area contributed by atoms with Crippen molar-refractivity contribution in [2.24, 2.45) is 5.16 Å². The molecule has 0 aliphatic carbocycles. The maximum absolute atomic E-state index is 12.1. The highest BCUT2D eigenvalue weighted by atomic mass is 16.6. The van der Waals surface area contributed by atoms with Gasteiger partial charge in [0, 0.05) is 18.2 Å². The lowest BCUT2D eigenvalue weighted by Crippen LogP contribution is -2.29. The molecule has 0 bridgehead atoms. The Morgan fingerprint density at radius 1 is 1.16 bits per heavy atom. The van der Waals surface area contributed by atoms with Crippen LogP contribution >= 0.6 is 0 Å². The zero-order valence-corrected chi connectivity index (χ0v) is 14.7. The molecule has 0 heterocycles. The maximum atomic E-state index is 12.1. The van der Waals surface area contributed by atoms with Gasteiger partial charge in [-0.15, -0.1) is 0 Å². The van der Waals surface area contributed by atoms with E-state index >= 15 is 0 Å². The number of hydrogen-bond donors (Lipinski definition) is 1. The van der Waals surface area contributed by atoms with Gasteiger partial charge in [0.1, 0.15) is 19.5 Å². The molecule has 0 radical (unpaired) electrons. The van der Waals surface area contributed by atoms with Gasteiger partial charge in [0.15, 0.2) is 5.71 Å². The van der Waals surface area contributed by atoms with Crippen molar-refractivity contribution in [1.29, 1.82) is 0 Å². The van der Waals surface area contributed by atoms with E-state index in [0.717, 1.165) is 16.9 Å². The number of hydrogen-bond acceptors (Lipinski definition) is 4. The molecular formula is C20H22N2O3. The molecule has 0 aromatic heterocycles. The second kappa shape index (κ2) is 9.27. The average molecular weight is 338 g/mol. The van der Waals surface area contributed by atoms with E-state index in [1.807, 2.05) is 67.6 Å². The summed E-state index contributed by atoms with van der Waals surface area (Å²) >= 11 is 0. The van der Waals surface area contributed by atoms with Crippen LogP contribution in [0.2, 0.25) is 0 Å². The highest BCUT2D eigenvalue weighted by Crippen LogP contribution is 2.22. The van der Waals surface area contributed by atoms with Crippen molar-refractivity contribution in [3.05, 3.63) is 71.3 Å². The van der Waals surface area contributed by atoms with Gasteiger partial charge in [-0.2, -0.15) is 0 Å². The number of oxime groups is 1. The van der Waals surface area contributed by atoms with Crippen molar-refractivity contribution in [3.8, 4) is 5.75 Å². The molecule has 0 saturated heterocycles. The molecule has 2 aromatic carbocycles. The molecule has 25 heavy (non-hydrogen) atoms. The van der Waals surface area contributed by atoms with Crippen molar-refractivity contribution in [1.82, 2.24) is 5.32 Å². The quantitative estimate of drug-likeness (QED) is 0.622. The fraction of sp³-hybridized carbons (Fsp3) is 0.200. The smallest absolute Gasteiger partial charge is 0.273 e. The van der Waals surface area contributed by atoms with Crippen molar-refractivity contribution >= 4 is 17.7 Å². The molecule has 2 aromatic rings. The molecule has 0 saturated carbocycles. The van der Waals surface area contributed by atoms with Crippen LogP contribution in [0.25, 0.3) is 6.08 Å². The van der Waals surface area contributed by atoms with Crippen LogP contribution in [-0.4, -0.2) is 25.8 Å². The van der Waals surface area contributed by atoms with Crippen LogP contribution < -0.4 is 10.1 Å². The molecule has 0 spiro atoms. The molecule has 0 aliphatic rings. The summed E-state index contributed by atoms with van der Waals surface area (Å²) in [6, 6.07) is 15.3. The van der Waals surface area contributed by atoms with Crippen molar-refractivity contribution in [2.45, 2.75) is 13.5 Å². The Bertz CT molecular complexity index is 782. The topological polar surface area (TPSA) is 59.9 Å². The number of likely N-dealkylation sites (N-methyl/N-ethyl adjacent to an activating group) is 1. The molecule has 5 nitrogen and oxygen atoms in total. The van der Waals surface area contributed by atoms with Crippen LogP contribution in [-0.2, 0) is 16.2 Å². The fourth-order valence-corrected chi connectivity index (χ4v) is 2.38. The minimum absolute atomic E-state index is 0.214. The van der Waals surface area contributed by atoms with Gasteiger partial charge in [-0.1, -0.05) is 59.8 Å². The van der Waals surface area contributed by atoms with Gasteiger partial charge in [0.05, 0.1) is 0 Å². The zero-order chi connectivity index (χ0) is 18.1. The molecule has 0 unspecified atom stereocenters. The van der Waals surface area contributed by atoms with Gasteiger partial charge in [-0.05, 0) is 18.6 Å². The number of nitrogens with zero attached hydrogens (tertiary/aromatic N) is 1. The molecule has 1 N–H and O–H groups in total. The van der Waals surface area contributed by atoms with Crippen molar-refractivity contribution in [2.75, 3.05) is 14.2 Å². The number of benzene rings is 2. The molecular weight excluding hydrogens is 316 g/mol. The first-order valence-corrected chi connectivity index (χ1v) is 7.97. The number of allylic oxidation sites excluding steroid dienone is 1. The largest absolute Gasteiger partial charge is 0.488 e. The predicted molar refractivity (Wildman–Crippen MR) is 99.5 cm³/mol. The van der Waals surface area contributed by atoms with Crippen molar-refractivity contribution < 1.29 is 14.4 Å². The van der Waals surface area contributed by atoms with E-state index in [9.17, 15) is 4.79 Å². The van der Waals surface area contributed by atoms with Gasteiger partial charge in [0.2, 0.25) is 0 Å². The molecule has 5 heteroatoms. The molecule has 0 fully saturated rings. The van der Waals surface area contributed by atoms with Crippen LogP contribution in [0.1, 0.15) is 23.6 Å². The summed E-state index contributed by atoms with van der Waals surface area (Å²) < 4.78 is 5.98. The molecule has 130 valence electrons. The van der Waals surface area contributed by atoms with E-state index < -0.39 is 0 Å². The molecule has 2 rings (SSSR count). The Morgan fingerprint density at radius 2 is 1.88 bits per heavy atom. The first-order chi connectivity index (χ1) is 12.2. The minimum atomic E-state index is -0.316. The van der Waals surface area contributed by atoms with Crippen LogP contribution in [0.3, 0.4) is 0 Å². The third kappa shape index (κ3) is 4.70. The van der Waals surface area contributed by atoms with Crippen LogP contribution in [0.5, 0.6) is 5.75 Å². The SMILES string of the molecule is CC=Cc1ccccc1OCc1ccccc1C(=NOC)C(=O)NC. The van der Waals surface area contributed by atoms with Crippen LogP contribution in [0.4, 0.5) is 0 Å². The molecule has 0 atom stereocenters. The highest BCUT2D eigenvalue weighted by Gasteiger charge is 2.17. The number of para-hydroxylation sites is 1. The Hall–Kier alpha value is -3.08. The number of carbonyl (C=O) groups is 1. The van der Waals surface area contributed by atoms with Gasteiger partial charge < -0.3 is 14.9 Å². The van der Waals surface area contributed by atoms with Crippen molar-refractivity contribution in [3.63, 3.8) is 0 Å². The zero-order valence-electron chi connectivity index (χ0n) is 14.7. The number of ether oxygens (including phenoxy) is 1. The molecule has 0 aliphatic heterocycles. The summed E-state index contributed by atoms with van der Waals surface area (Å²) in [6.07, 6.45) is 3.95. The van der Waals surface area contributed by atoms with E-state index in [-0.39, 0.29) is 11.6 Å². The Kier molecular flexibility index (Phi) is 6.77.